The molecule has 1 atom stereocenters. The van der Waals surface area contributed by atoms with E-state index < -0.39 is 0 Å². The van der Waals surface area contributed by atoms with Gasteiger partial charge in [0.1, 0.15) is 23.2 Å². The van der Waals surface area contributed by atoms with Crippen molar-refractivity contribution in [2.45, 2.75) is 6.17 Å². The zero-order valence-corrected chi connectivity index (χ0v) is 32.9. The smallest absolute Gasteiger partial charge is 0.159 e. The Morgan fingerprint density at radius 1 is 0.475 bits per heavy atom. The zero-order valence-electron chi connectivity index (χ0n) is 32.1. The lowest BCUT2D eigenvalue weighted by Gasteiger charge is -2.33. The highest BCUT2D eigenvalue weighted by Gasteiger charge is 2.28. The summed E-state index contributed by atoms with van der Waals surface area (Å²) in [7, 11) is 2.11. The molecule has 0 spiro atoms. The number of amidine groups is 2. The van der Waals surface area contributed by atoms with Crippen LogP contribution in [-0.4, -0.2) is 23.6 Å². The second kappa shape index (κ2) is 13.4. The van der Waals surface area contributed by atoms with E-state index >= 15 is 0 Å². The summed E-state index contributed by atoms with van der Waals surface area (Å²) in [4.78, 5) is 13.1. The van der Waals surface area contributed by atoms with E-state index in [0.29, 0.717) is 0 Å². The molecular formula is C54H35N3OS. The van der Waals surface area contributed by atoms with E-state index in [2.05, 4.69) is 194 Å². The van der Waals surface area contributed by atoms with Crippen molar-refractivity contribution in [2.24, 2.45) is 9.98 Å². The highest BCUT2D eigenvalue weighted by atomic mass is 32.1. The maximum Gasteiger partial charge on any atom is 0.159 e. The van der Waals surface area contributed by atoms with Crippen LogP contribution in [-0.2, 0) is 0 Å². The van der Waals surface area contributed by atoms with Gasteiger partial charge in [0.15, 0.2) is 5.84 Å². The number of nitrogens with zero attached hydrogens (tertiary/aromatic N) is 3. The lowest BCUT2D eigenvalue weighted by molar-refractivity contribution is 0.383. The van der Waals surface area contributed by atoms with Crippen LogP contribution in [0.15, 0.2) is 202 Å². The molecule has 5 heteroatoms. The highest BCUT2D eigenvalue weighted by molar-refractivity contribution is 7.25. The largest absolute Gasteiger partial charge is 0.456 e. The summed E-state index contributed by atoms with van der Waals surface area (Å²) in [6, 6.07) is 67.4. The van der Waals surface area contributed by atoms with Gasteiger partial charge in [0, 0.05) is 49.1 Å². The Hall–Kier alpha value is -7.34. The Morgan fingerprint density at radius 2 is 1.15 bits per heavy atom. The van der Waals surface area contributed by atoms with Crippen molar-refractivity contribution in [3.8, 4) is 22.3 Å². The van der Waals surface area contributed by atoms with Crippen molar-refractivity contribution < 1.29 is 4.42 Å². The lowest BCUT2D eigenvalue weighted by Crippen LogP contribution is -2.35. The van der Waals surface area contributed by atoms with Gasteiger partial charge in [-0.3, -0.25) is 0 Å². The van der Waals surface area contributed by atoms with E-state index in [0.717, 1.165) is 77.9 Å². The van der Waals surface area contributed by atoms with Crippen LogP contribution in [0.4, 0.5) is 0 Å². The quantitative estimate of drug-likeness (QED) is 0.175. The van der Waals surface area contributed by atoms with Crippen molar-refractivity contribution in [2.75, 3.05) is 7.05 Å². The molecule has 2 aromatic heterocycles. The number of aliphatic imine (C=N–C) groups is 2. The van der Waals surface area contributed by atoms with Gasteiger partial charge in [0.2, 0.25) is 0 Å². The third-order valence-corrected chi connectivity index (χ3v) is 13.0. The minimum absolute atomic E-state index is 0.274. The van der Waals surface area contributed by atoms with E-state index in [-0.39, 0.29) is 6.17 Å². The van der Waals surface area contributed by atoms with Gasteiger partial charge >= 0.3 is 0 Å². The molecule has 11 aromatic rings. The van der Waals surface area contributed by atoms with Crippen LogP contribution in [0.1, 0.15) is 22.9 Å². The molecule has 1 aliphatic heterocycles. The van der Waals surface area contributed by atoms with Crippen molar-refractivity contribution in [1.29, 1.82) is 0 Å². The van der Waals surface area contributed by atoms with Crippen molar-refractivity contribution in [3.05, 3.63) is 205 Å². The van der Waals surface area contributed by atoms with Crippen LogP contribution in [0.2, 0.25) is 0 Å². The predicted molar refractivity (Wildman–Crippen MR) is 249 cm³/mol. The monoisotopic (exact) mass is 773 g/mol. The molecule has 59 heavy (non-hydrogen) atoms. The second-order valence-corrected chi connectivity index (χ2v) is 16.5. The molecule has 12 rings (SSSR count). The van der Waals surface area contributed by atoms with Gasteiger partial charge < -0.3 is 9.32 Å². The Morgan fingerprint density at radius 3 is 2.03 bits per heavy atom. The molecule has 0 fully saturated rings. The van der Waals surface area contributed by atoms with Crippen molar-refractivity contribution >= 4 is 86.7 Å². The fourth-order valence-electron chi connectivity index (χ4n) is 8.99. The highest BCUT2D eigenvalue weighted by Crippen LogP contribution is 2.44. The first-order valence-corrected chi connectivity index (χ1v) is 20.8. The summed E-state index contributed by atoms with van der Waals surface area (Å²) in [5, 5.41) is 9.42. The summed E-state index contributed by atoms with van der Waals surface area (Å²) in [5.41, 5.74) is 9.37. The molecule has 1 aliphatic rings. The first-order chi connectivity index (χ1) is 29.1. The summed E-state index contributed by atoms with van der Waals surface area (Å²) >= 11 is 1.82. The molecule has 3 heterocycles. The summed E-state index contributed by atoms with van der Waals surface area (Å²) < 4.78 is 9.21. The van der Waals surface area contributed by atoms with Crippen LogP contribution in [0.3, 0.4) is 0 Å². The minimum atomic E-state index is -0.274. The average molecular weight is 774 g/mol. The Kier molecular flexibility index (Phi) is 7.65. The van der Waals surface area contributed by atoms with Crippen molar-refractivity contribution in [3.63, 3.8) is 0 Å². The van der Waals surface area contributed by atoms with E-state index in [1.807, 2.05) is 17.4 Å². The Balaban J connectivity index is 1.09. The Labute approximate surface area is 344 Å². The van der Waals surface area contributed by atoms with Crippen LogP contribution in [0.25, 0.3) is 85.9 Å². The first-order valence-electron chi connectivity index (χ1n) is 20.0. The van der Waals surface area contributed by atoms with Gasteiger partial charge in [-0.05, 0) is 110 Å². The van der Waals surface area contributed by atoms with E-state index in [1.165, 1.54) is 36.3 Å². The van der Waals surface area contributed by atoms with Gasteiger partial charge in [-0.25, -0.2) is 9.98 Å². The number of thiophene rings is 1. The van der Waals surface area contributed by atoms with Gasteiger partial charge in [-0.1, -0.05) is 127 Å². The molecule has 0 bridgehead atoms. The number of benzene rings is 9. The van der Waals surface area contributed by atoms with E-state index in [4.69, 9.17) is 14.4 Å². The third kappa shape index (κ3) is 5.58. The van der Waals surface area contributed by atoms with E-state index in [1.54, 1.807) is 0 Å². The predicted octanol–water partition coefficient (Wildman–Crippen LogP) is 14.4. The van der Waals surface area contributed by atoms with Gasteiger partial charge in [-0.15, -0.1) is 11.3 Å². The maximum absolute atomic E-state index is 6.67. The number of rotatable bonds is 5. The third-order valence-electron chi connectivity index (χ3n) is 11.9. The van der Waals surface area contributed by atoms with Gasteiger partial charge in [-0.2, -0.15) is 0 Å². The molecule has 0 N–H and O–H groups in total. The molecule has 4 nitrogen and oxygen atoms in total. The summed E-state index contributed by atoms with van der Waals surface area (Å²) in [6.07, 6.45) is -0.274. The summed E-state index contributed by atoms with van der Waals surface area (Å²) in [5.74, 6) is 1.59. The van der Waals surface area contributed by atoms with Crippen LogP contribution >= 0.6 is 11.3 Å². The number of para-hydroxylation sites is 1. The zero-order chi connectivity index (χ0) is 39.0. The summed E-state index contributed by atoms with van der Waals surface area (Å²) in [6.45, 7) is 0. The number of hydrogen-bond acceptors (Lipinski definition) is 5. The number of hydrogen-bond donors (Lipinski definition) is 0. The molecule has 0 radical (unpaired) electrons. The standard InChI is InChI=1S/C54H35N3OS/c1-57-53(34-14-3-2-4-15-34)55-52(38-25-26-50-45(29-38)42-19-10-12-22-49(42)59-50)56-54(57)40-28-37-17-7-8-18-41(37)44(31-40)46-30-39(36-24-23-33-13-5-6-16-35(33)27-36)32-48-51(46)43-20-9-11-21-47(43)58-48/h2-32,53H,1H3. The molecule has 278 valence electrons. The molecular weight excluding hydrogens is 739 g/mol. The molecule has 0 amide bonds. The molecule has 0 saturated heterocycles. The normalized spacial score (nSPS) is 14.5. The first kappa shape index (κ1) is 33.8. The molecule has 0 aliphatic carbocycles. The Bertz CT molecular complexity index is 3540. The fraction of sp³-hybridized carbons (Fsp3) is 0.0370. The number of fused-ring (bicyclic) bond motifs is 8. The number of furan rings is 1. The average Bonchev–Trinajstić information content (AvgIpc) is 3.87. The van der Waals surface area contributed by atoms with E-state index in [9.17, 15) is 0 Å². The van der Waals surface area contributed by atoms with Crippen LogP contribution < -0.4 is 0 Å². The fourth-order valence-corrected chi connectivity index (χ4v) is 10.1. The maximum atomic E-state index is 6.67. The molecule has 0 saturated carbocycles. The topological polar surface area (TPSA) is 41.1 Å². The molecule has 1 unspecified atom stereocenters. The molecule has 9 aromatic carbocycles. The van der Waals surface area contributed by atoms with Crippen LogP contribution in [0.5, 0.6) is 0 Å². The van der Waals surface area contributed by atoms with Crippen molar-refractivity contribution in [1.82, 2.24) is 4.90 Å². The van der Waals surface area contributed by atoms with Gasteiger partial charge in [0.25, 0.3) is 0 Å². The SMILES string of the molecule is CN1C(c2cc(-c3cc(-c4ccc5ccccc5c4)cc4oc5ccccc5c34)c3ccccc3c2)=NC(c2ccc3sc4ccccc4c3c2)=NC1c1ccccc1. The van der Waals surface area contributed by atoms with Crippen LogP contribution in [0, 0.1) is 0 Å². The lowest BCUT2D eigenvalue weighted by atomic mass is 9.89. The van der Waals surface area contributed by atoms with Gasteiger partial charge in [0.05, 0.1) is 0 Å². The second-order valence-electron chi connectivity index (χ2n) is 15.4. The minimum Gasteiger partial charge on any atom is -0.456 e.